The number of anilines is 1. The SMILES string of the molecule is O=C(Nc1ccc(CN2C(=O)CSC2=O)cc1)N1CCCN(Cc2ccccc2)CC1. The molecule has 4 amide bonds. The third-order valence-electron chi connectivity index (χ3n) is 5.51. The molecule has 0 saturated carbocycles. The van der Waals surface area contributed by atoms with Crippen LogP contribution in [0.15, 0.2) is 54.6 Å². The lowest BCUT2D eigenvalue weighted by atomic mass is 10.2. The van der Waals surface area contributed by atoms with Gasteiger partial charge in [0.25, 0.3) is 5.24 Å². The molecule has 8 heteroatoms. The van der Waals surface area contributed by atoms with Crippen molar-refractivity contribution in [2.75, 3.05) is 37.2 Å². The average Bonchev–Trinajstić information content (AvgIpc) is 2.96. The summed E-state index contributed by atoms with van der Waals surface area (Å²) < 4.78 is 0. The van der Waals surface area contributed by atoms with Crippen molar-refractivity contribution >= 4 is 34.6 Å². The molecule has 7 nitrogen and oxygen atoms in total. The van der Waals surface area contributed by atoms with Crippen LogP contribution in [0.3, 0.4) is 0 Å². The fraction of sp³-hybridized carbons (Fsp3) is 0.348. The van der Waals surface area contributed by atoms with Crippen molar-refractivity contribution in [3.05, 3.63) is 65.7 Å². The van der Waals surface area contributed by atoms with Crippen LogP contribution in [0.1, 0.15) is 17.5 Å². The van der Waals surface area contributed by atoms with Gasteiger partial charge in [-0.25, -0.2) is 4.79 Å². The van der Waals surface area contributed by atoms with Crippen LogP contribution in [0.4, 0.5) is 15.3 Å². The van der Waals surface area contributed by atoms with Gasteiger partial charge in [-0.2, -0.15) is 0 Å². The van der Waals surface area contributed by atoms with Gasteiger partial charge in [0.2, 0.25) is 5.91 Å². The topological polar surface area (TPSA) is 73.0 Å². The number of carbonyl (C=O) groups excluding carboxylic acids is 3. The lowest BCUT2D eigenvalue weighted by Gasteiger charge is -2.22. The van der Waals surface area contributed by atoms with Crippen molar-refractivity contribution in [2.45, 2.75) is 19.5 Å². The second-order valence-electron chi connectivity index (χ2n) is 7.76. The van der Waals surface area contributed by atoms with Gasteiger partial charge in [0, 0.05) is 38.4 Å². The maximum absolute atomic E-state index is 12.7. The largest absolute Gasteiger partial charge is 0.323 e. The second-order valence-corrected chi connectivity index (χ2v) is 8.69. The number of rotatable bonds is 5. The maximum Gasteiger partial charge on any atom is 0.321 e. The first kappa shape index (κ1) is 21.4. The van der Waals surface area contributed by atoms with Crippen molar-refractivity contribution < 1.29 is 14.4 Å². The van der Waals surface area contributed by atoms with Gasteiger partial charge in [0.1, 0.15) is 0 Å². The first-order valence-corrected chi connectivity index (χ1v) is 11.5. The Bertz CT molecular complexity index is 920. The Labute approximate surface area is 186 Å². The molecule has 2 fully saturated rings. The molecule has 2 saturated heterocycles. The third-order valence-corrected chi connectivity index (χ3v) is 6.37. The Morgan fingerprint density at radius 1 is 0.871 bits per heavy atom. The second kappa shape index (κ2) is 9.98. The fourth-order valence-corrected chi connectivity index (χ4v) is 4.51. The van der Waals surface area contributed by atoms with Gasteiger partial charge in [0.15, 0.2) is 0 Å². The van der Waals surface area contributed by atoms with E-state index in [4.69, 9.17) is 0 Å². The van der Waals surface area contributed by atoms with Crippen LogP contribution in [0, 0.1) is 0 Å². The molecule has 0 aromatic heterocycles. The summed E-state index contributed by atoms with van der Waals surface area (Å²) in [4.78, 5) is 41.7. The molecule has 2 aromatic carbocycles. The summed E-state index contributed by atoms with van der Waals surface area (Å²) in [7, 11) is 0. The smallest absolute Gasteiger partial charge is 0.321 e. The highest BCUT2D eigenvalue weighted by molar-refractivity contribution is 8.14. The zero-order valence-corrected chi connectivity index (χ0v) is 18.1. The minimum absolute atomic E-state index is 0.101. The number of thioether (sulfide) groups is 1. The summed E-state index contributed by atoms with van der Waals surface area (Å²) in [5, 5.41) is 2.76. The molecule has 162 valence electrons. The van der Waals surface area contributed by atoms with Gasteiger partial charge in [-0.15, -0.1) is 0 Å². The van der Waals surface area contributed by atoms with E-state index in [1.165, 1.54) is 10.5 Å². The number of urea groups is 1. The van der Waals surface area contributed by atoms with Crippen LogP contribution < -0.4 is 5.32 Å². The highest BCUT2D eigenvalue weighted by Crippen LogP contribution is 2.22. The third kappa shape index (κ3) is 5.65. The number of nitrogens with zero attached hydrogens (tertiary/aromatic N) is 3. The summed E-state index contributed by atoms with van der Waals surface area (Å²) in [6.45, 7) is 4.40. The standard InChI is InChI=1S/C23H26N4O3S/c28-21-17-31-23(30)27(21)16-19-7-9-20(10-8-19)24-22(29)26-12-4-11-25(13-14-26)15-18-5-2-1-3-6-18/h1-3,5-10H,4,11-17H2,(H,24,29). The van der Waals surface area contributed by atoms with Gasteiger partial charge in [-0.1, -0.05) is 54.2 Å². The Kier molecular flexibility index (Phi) is 6.89. The van der Waals surface area contributed by atoms with Crippen molar-refractivity contribution in [2.24, 2.45) is 0 Å². The predicted molar refractivity (Wildman–Crippen MR) is 122 cm³/mol. The number of amides is 4. The van der Waals surface area contributed by atoms with E-state index in [1.54, 1.807) is 0 Å². The van der Waals surface area contributed by atoms with Gasteiger partial charge in [-0.05, 0) is 29.7 Å². The van der Waals surface area contributed by atoms with E-state index in [0.717, 1.165) is 49.9 Å². The van der Waals surface area contributed by atoms with E-state index in [2.05, 4.69) is 34.5 Å². The lowest BCUT2D eigenvalue weighted by Crippen LogP contribution is -2.38. The number of nitrogens with one attached hydrogen (secondary N) is 1. The summed E-state index contributed by atoms with van der Waals surface area (Å²) in [6, 6.07) is 17.6. The fourth-order valence-electron chi connectivity index (χ4n) is 3.79. The molecule has 0 bridgehead atoms. The molecular formula is C23H26N4O3S. The van der Waals surface area contributed by atoms with E-state index in [9.17, 15) is 14.4 Å². The van der Waals surface area contributed by atoms with Gasteiger partial charge >= 0.3 is 6.03 Å². The number of hydrogen-bond donors (Lipinski definition) is 1. The van der Waals surface area contributed by atoms with Crippen molar-refractivity contribution in [1.82, 2.24) is 14.7 Å². The van der Waals surface area contributed by atoms with E-state index in [-0.39, 0.29) is 29.5 Å². The summed E-state index contributed by atoms with van der Waals surface area (Å²) in [5.41, 5.74) is 2.84. The molecule has 0 aliphatic carbocycles. The van der Waals surface area contributed by atoms with Crippen molar-refractivity contribution in [3.63, 3.8) is 0 Å². The van der Waals surface area contributed by atoms with E-state index >= 15 is 0 Å². The van der Waals surface area contributed by atoms with E-state index in [0.29, 0.717) is 12.2 Å². The number of benzene rings is 2. The van der Waals surface area contributed by atoms with Crippen molar-refractivity contribution in [1.29, 1.82) is 0 Å². The molecule has 2 aliphatic rings. The quantitative estimate of drug-likeness (QED) is 0.772. The molecule has 2 aliphatic heterocycles. The molecule has 1 N–H and O–H groups in total. The minimum atomic E-state index is -0.204. The maximum atomic E-state index is 12.7. The van der Waals surface area contributed by atoms with Crippen LogP contribution in [-0.2, 0) is 17.9 Å². The monoisotopic (exact) mass is 438 g/mol. The zero-order chi connectivity index (χ0) is 21.6. The van der Waals surface area contributed by atoms with Crippen LogP contribution >= 0.6 is 11.8 Å². The molecule has 31 heavy (non-hydrogen) atoms. The first-order valence-electron chi connectivity index (χ1n) is 10.5. The minimum Gasteiger partial charge on any atom is -0.323 e. The Morgan fingerprint density at radius 2 is 1.61 bits per heavy atom. The number of carbonyl (C=O) groups is 3. The van der Waals surface area contributed by atoms with Crippen LogP contribution in [0.2, 0.25) is 0 Å². The highest BCUT2D eigenvalue weighted by atomic mass is 32.2. The summed E-state index contributed by atoms with van der Waals surface area (Å²) >= 11 is 1.03. The molecule has 0 spiro atoms. The zero-order valence-electron chi connectivity index (χ0n) is 17.3. The molecule has 0 atom stereocenters. The molecule has 2 aromatic rings. The summed E-state index contributed by atoms with van der Waals surface area (Å²) in [5.74, 6) is 0.0563. The van der Waals surface area contributed by atoms with Gasteiger partial charge in [-0.3, -0.25) is 19.4 Å². The van der Waals surface area contributed by atoms with Gasteiger partial charge < -0.3 is 10.2 Å². The molecule has 0 radical (unpaired) electrons. The lowest BCUT2D eigenvalue weighted by molar-refractivity contribution is -0.125. The predicted octanol–water partition coefficient (Wildman–Crippen LogP) is 3.62. The van der Waals surface area contributed by atoms with Crippen LogP contribution in [0.25, 0.3) is 0 Å². The Balaban J connectivity index is 1.28. The molecular weight excluding hydrogens is 412 g/mol. The number of hydrogen-bond acceptors (Lipinski definition) is 5. The Hall–Kier alpha value is -2.84. The summed E-state index contributed by atoms with van der Waals surface area (Å²) in [6.07, 6.45) is 0.940. The highest BCUT2D eigenvalue weighted by Gasteiger charge is 2.29. The van der Waals surface area contributed by atoms with E-state index < -0.39 is 0 Å². The molecule has 2 heterocycles. The van der Waals surface area contributed by atoms with Crippen LogP contribution in [0.5, 0.6) is 0 Å². The first-order chi connectivity index (χ1) is 15.1. The van der Waals surface area contributed by atoms with E-state index in [1.807, 2.05) is 35.2 Å². The average molecular weight is 439 g/mol. The normalized spacial score (nSPS) is 17.7. The van der Waals surface area contributed by atoms with Gasteiger partial charge in [0.05, 0.1) is 12.3 Å². The Morgan fingerprint density at radius 3 is 2.32 bits per heavy atom. The van der Waals surface area contributed by atoms with Crippen molar-refractivity contribution in [3.8, 4) is 0 Å². The molecule has 4 rings (SSSR count). The molecule has 0 unspecified atom stereocenters. The van der Waals surface area contributed by atoms with Crippen LogP contribution in [-0.4, -0.2) is 63.8 Å². The number of imide groups is 1.